The molecule has 0 radical (unpaired) electrons. The molecular formula is C24H28N4O2. The third kappa shape index (κ3) is 4.76. The largest absolute Gasteiger partial charge is 0.338 e. The zero-order valence-corrected chi connectivity index (χ0v) is 17.6. The Labute approximate surface area is 177 Å². The molecule has 3 aromatic rings. The smallest absolute Gasteiger partial charge is 0.241 e. The van der Waals surface area contributed by atoms with Gasteiger partial charge in [-0.3, -0.25) is 9.69 Å². The van der Waals surface area contributed by atoms with Gasteiger partial charge in [0.05, 0.1) is 6.54 Å². The first kappa shape index (κ1) is 20.3. The topological polar surface area (TPSA) is 71.3 Å². The summed E-state index contributed by atoms with van der Waals surface area (Å²) in [5.74, 6) is 1.40. The molecule has 156 valence electrons. The van der Waals surface area contributed by atoms with E-state index in [1.54, 1.807) is 0 Å². The Kier molecular flexibility index (Phi) is 6.23. The fraction of sp³-hybridized carbons (Fsp3) is 0.375. The van der Waals surface area contributed by atoms with E-state index in [4.69, 9.17) is 4.52 Å². The maximum absolute atomic E-state index is 12.7. The predicted octanol–water partition coefficient (Wildman–Crippen LogP) is 4.46. The second-order valence-corrected chi connectivity index (χ2v) is 7.93. The Morgan fingerprint density at radius 3 is 2.73 bits per heavy atom. The fourth-order valence-electron chi connectivity index (χ4n) is 3.95. The number of nitrogens with one attached hydrogen (secondary N) is 1. The van der Waals surface area contributed by atoms with E-state index >= 15 is 0 Å². The minimum atomic E-state index is 0.0386. The Hall–Kier alpha value is -2.99. The van der Waals surface area contributed by atoms with E-state index in [9.17, 15) is 4.79 Å². The molecule has 0 saturated carbocycles. The molecule has 1 aliphatic rings. The van der Waals surface area contributed by atoms with E-state index in [1.165, 1.54) is 11.1 Å². The maximum atomic E-state index is 12.7. The van der Waals surface area contributed by atoms with Gasteiger partial charge in [0, 0.05) is 17.2 Å². The van der Waals surface area contributed by atoms with Gasteiger partial charge in [-0.25, -0.2) is 0 Å². The van der Waals surface area contributed by atoms with Gasteiger partial charge in [-0.05, 0) is 57.0 Å². The summed E-state index contributed by atoms with van der Waals surface area (Å²) in [5, 5.41) is 7.25. The first-order valence-electron chi connectivity index (χ1n) is 10.6. The van der Waals surface area contributed by atoms with Crippen LogP contribution in [0, 0.1) is 12.8 Å². The molecule has 0 atom stereocenters. The molecule has 2 heterocycles. The number of benzene rings is 2. The van der Waals surface area contributed by atoms with Gasteiger partial charge < -0.3 is 9.84 Å². The number of aromatic nitrogens is 2. The maximum Gasteiger partial charge on any atom is 0.241 e. The summed E-state index contributed by atoms with van der Waals surface area (Å²) in [6.07, 6.45) is 2.57. The lowest BCUT2D eigenvalue weighted by Gasteiger charge is -2.30. The van der Waals surface area contributed by atoms with Crippen LogP contribution in [0.2, 0.25) is 0 Å². The first-order chi connectivity index (χ1) is 14.6. The molecule has 0 bridgehead atoms. The van der Waals surface area contributed by atoms with Crippen molar-refractivity contribution < 1.29 is 9.32 Å². The van der Waals surface area contributed by atoms with Crippen LogP contribution in [0.4, 0.5) is 5.69 Å². The van der Waals surface area contributed by atoms with Crippen molar-refractivity contribution in [3.63, 3.8) is 0 Å². The average Bonchev–Trinajstić information content (AvgIpc) is 3.23. The highest BCUT2D eigenvalue weighted by atomic mass is 16.5. The Balaban J connectivity index is 1.30. The van der Waals surface area contributed by atoms with Gasteiger partial charge in [-0.15, -0.1) is 0 Å². The molecule has 1 N–H and O–H groups in total. The molecule has 4 rings (SSSR count). The van der Waals surface area contributed by atoms with Gasteiger partial charge in [0.1, 0.15) is 0 Å². The average molecular weight is 405 g/mol. The molecule has 0 aliphatic carbocycles. The number of hydrogen-bond donors (Lipinski definition) is 1. The van der Waals surface area contributed by atoms with Crippen LogP contribution in [-0.4, -0.2) is 34.0 Å². The Morgan fingerprint density at radius 1 is 1.17 bits per heavy atom. The Bertz CT molecular complexity index is 1010. The highest BCUT2D eigenvalue weighted by Gasteiger charge is 2.26. The van der Waals surface area contributed by atoms with E-state index in [-0.39, 0.29) is 11.8 Å². The summed E-state index contributed by atoms with van der Waals surface area (Å²) in [4.78, 5) is 19.5. The van der Waals surface area contributed by atoms with Crippen molar-refractivity contribution in [2.45, 2.75) is 39.7 Å². The number of carbonyl (C=O) groups excluding carboxylic acids is 1. The minimum absolute atomic E-state index is 0.0386. The van der Waals surface area contributed by atoms with E-state index in [0.717, 1.165) is 43.6 Å². The highest BCUT2D eigenvalue weighted by Crippen LogP contribution is 2.23. The van der Waals surface area contributed by atoms with Gasteiger partial charge in [0.2, 0.25) is 17.6 Å². The lowest BCUT2D eigenvalue weighted by Crippen LogP contribution is -2.37. The number of para-hydroxylation sites is 1. The van der Waals surface area contributed by atoms with Gasteiger partial charge in [-0.1, -0.05) is 54.0 Å². The molecule has 1 aromatic heterocycles. The van der Waals surface area contributed by atoms with Crippen LogP contribution >= 0.6 is 0 Å². The van der Waals surface area contributed by atoms with Crippen LogP contribution < -0.4 is 5.32 Å². The summed E-state index contributed by atoms with van der Waals surface area (Å²) in [7, 11) is 0. The normalized spacial score (nSPS) is 15.3. The van der Waals surface area contributed by atoms with Crippen molar-refractivity contribution in [2.24, 2.45) is 5.92 Å². The van der Waals surface area contributed by atoms with Crippen LogP contribution in [0.5, 0.6) is 0 Å². The van der Waals surface area contributed by atoms with Crippen LogP contribution in [0.3, 0.4) is 0 Å². The molecule has 0 spiro atoms. The van der Waals surface area contributed by atoms with Gasteiger partial charge >= 0.3 is 0 Å². The third-order valence-electron chi connectivity index (χ3n) is 5.72. The Morgan fingerprint density at radius 2 is 1.97 bits per heavy atom. The van der Waals surface area contributed by atoms with Crippen LogP contribution in [0.1, 0.15) is 36.8 Å². The van der Waals surface area contributed by atoms with Crippen molar-refractivity contribution in [1.82, 2.24) is 15.0 Å². The zero-order valence-electron chi connectivity index (χ0n) is 17.6. The number of carbonyl (C=O) groups is 1. The molecule has 0 unspecified atom stereocenters. The van der Waals surface area contributed by atoms with E-state index in [2.05, 4.69) is 39.4 Å². The number of likely N-dealkylation sites (tertiary alicyclic amines) is 1. The monoisotopic (exact) mass is 404 g/mol. The molecule has 1 fully saturated rings. The molecule has 6 heteroatoms. The van der Waals surface area contributed by atoms with Gasteiger partial charge in [-0.2, -0.15) is 4.98 Å². The summed E-state index contributed by atoms with van der Waals surface area (Å²) < 4.78 is 5.46. The molecule has 1 saturated heterocycles. The fourth-order valence-corrected chi connectivity index (χ4v) is 3.95. The SMILES string of the molecule is CCc1ccccc1NC(=O)C1CCN(Cc2nc(-c3cccc(C)c3)no2)CC1. The molecular weight excluding hydrogens is 376 g/mol. The summed E-state index contributed by atoms with van der Waals surface area (Å²) >= 11 is 0. The molecule has 1 amide bonds. The number of aryl methyl sites for hydroxylation is 2. The number of piperidine rings is 1. The van der Waals surface area contributed by atoms with Crippen LogP contribution in [0.15, 0.2) is 53.1 Å². The van der Waals surface area contributed by atoms with E-state index < -0.39 is 0 Å². The zero-order chi connectivity index (χ0) is 20.9. The second-order valence-electron chi connectivity index (χ2n) is 7.93. The molecule has 2 aromatic carbocycles. The van der Waals surface area contributed by atoms with Crippen molar-refractivity contribution >= 4 is 11.6 Å². The standard InChI is InChI=1S/C24H28N4O2/c1-3-18-8-4-5-10-21(18)25-24(29)19-11-13-28(14-12-19)16-22-26-23(27-30-22)20-9-6-7-17(2)15-20/h4-10,15,19H,3,11-14,16H2,1-2H3,(H,25,29). The number of rotatable bonds is 6. The van der Waals surface area contributed by atoms with Crippen molar-refractivity contribution in [3.05, 3.63) is 65.5 Å². The summed E-state index contributed by atoms with van der Waals surface area (Å²) in [6.45, 7) is 6.45. The van der Waals surface area contributed by atoms with E-state index in [1.807, 2.05) is 43.3 Å². The lowest BCUT2D eigenvalue weighted by molar-refractivity contribution is -0.121. The summed E-state index contributed by atoms with van der Waals surface area (Å²) in [5.41, 5.74) is 4.24. The van der Waals surface area contributed by atoms with Gasteiger partial charge in [0.25, 0.3) is 0 Å². The van der Waals surface area contributed by atoms with Crippen molar-refractivity contribution in [2.75, 3.05) is 18.4 Å². The molecule has 6 nitrogen and oxygen atoms in total. The number of hydrogen-bond acceptors (Lipinski definition) is 5. The molecule has 1 aliphatic heterocycles. The van der Waals surface area contributed by atoms with E-state index in [0.29, 0.717) is 18.3 Å². The predicted molar refractivity (Wildman–Crippen MR) is 117 cm³/mol. The van der Waals surface area contributed by atoms with Gasteiger partial charge in [0.15, 0.2) is 0 Å². The summed E-state index contributed by atoms with van der Waals surface area (Å²) in [6, 6.07) is 16.1. The highest BCUT2D eigenvalue weighted by molar-refractivity contribution is 5.93. The first-order valence-corrected chi connectivity index (χ1v) is 10.6. The number of nitrogens with zero attached hydrogens (tertiary/aromatic N) is 3. The lowest BCUT2D eigenvalue weighted by atomic mass is 9.95. The van der Waals surface area contributed by atoms with Crippen molar-refractivity contribution in [3.8, 4) is 11.4 Å². The number of anilines is 1. The van der Waals surface area contributed by atoms with Crippen LogP contribution in [-0.2, 0) is 17.8 Å². The second kappa shape index (κ2) is 9.22. The van der Waals surface area contributed by atoms with Crippen LogP contribution in [0.25, 0.3) is 11.4 Å². The number of amides is 1. The quantitative estimate of drug-likeness (QED) is 0.657. The van der Waals surface area contributed by atoms with Crippen molar-refractivity contribution in [1.29, 1.82) is 0 Å². The third-order valence-corrected chi connectivity index (χ3v) is 5.72. The molecule has 30 heavy (non-hydrogen) atoms. The minimum Gasteiger partial charge on any atom is -0.338 e.